The van der Waals surface area contributed by atoms with Crippen molar-refractivity contribution < 1.29 is 13.2 Å². The third kappa shape index (κ3) is 4.82. The molecule has 144 valence electrons. The zero-order valence-corrected chi connectivity index (χ0v) is 16.8. The number of likely N-dealkylation sites (tertiary alicyclic amines) is 1. The maximum atomic E-state index is 12.8. The van der Waals surface area contributed by atoms with E-state index < -0.39 is 10.0 Å². The molecule has 5 nitrogen and oxygen atoms in total. The Morgan fingerprint density at radius 3 is 2.26 bits per heavy atom. The van der Waals surface area contributed by atoms with E-state index in [4.69, 9.17) is 11.6 Å². The number of nitrogens with one attached hydrogen (secondary N) is 1. The molecule has 1 aliphatic heterocycles. The second-order valence-electron chi connectivity index (χ2n) is 6.82. The summed E-state index contributed by atoms with van der Waals surface area (Å²) in [6.07, 6.45) is 4.17. The first-order valence-electron chi connectivity index (χ1n) is 9.05. The summed E-state index contributed by atoms with van der Waals surface area (Å²) in [5.74, 6) is -0.152. The van der Waals surface area contributed by atoms with Crippen molar-refractivity contribution in [3.8, 4) is 0 Å². The van der Waals surface area contributed by atoms with Crippen molar-refractivity contribution in [3.63, 3.8) is 0 Å². The Morgan fingerprint density at radius 2 is 1.63 bits per heavy atom. The van der Waals surface area contributed by atoms with Crippen LogP contribution in [0.15, 0.2) is 47.4 Å². The van der Waals surface area contributed by atoms with Gasteiger partial charge in [-0.25, -0.2) is 8.42 Å². The number of sulfonamides is 1. The average molecular weight is 407 g/mol. The molecule has 1 N–H and O–H groups in total. The van der Waals surface area contributed by atoms with Gasteiger partial charge in [0.1, 0.15) is 4.90 Å². The SMILES string of the molecule is Cc1ccc(NS(=O)(=O)c2cc(C(=O)N3CCCCCC3)ccc2Cl)cc1. The molecule has 0 atom stereocenters. The lowest BCUT2D eigenvalue weighted by molar-refractivity contribution is 0.0761. The molecule has 2 aromatic rings. The first-order chi connectivity index (χ1) is 12.9. The van der Waals surface area contributed by atoms with E-state index in [-0.39, 0.29) is 15.8 Å². The number of rotatable bonds is 4. The van der Waals surface area contributed by atoms with Crippen LogP contribution >= 0.6 is 11.6 Å². The number of nitrogens with zero attached hydrogens (tertiary/aromatic N) is 1. The van der Waals surface area contributed by atoms with Gasteiger partial charge in [0.2, 0.25) is 0 Å². The molecular weight excluding hydrogens is 384 g/mol. The van der Waals surface area contributed by atoms with E-state index in [1.54, 1.807) is 23.1 Å². The van der Waals surface area contributed by atoms with E-state index in [1.807, 2.05) is 19.1 Å². The zero-order chi connectivity index (χ0) is 19.4. The molecule has 1 amide bonds. The first-order valence-corrected chi connectivity index (χ1v) is 10.9. The van der Waals surface area contributed by atoms with Gasteiger partial charge in [0.25, 0.3) is 15.9 Å². The molecule has 0 unspecified atom stereocenters. The molecule has 0 saturated carbocycles. The number of benzene rings is 2. The summed E-state index contributed by atoms with van der Waals surface area (Å²) in [7, 11) is -3.90. The standard InChI is InChI=1S/C20H23ClN2O3S/c1-15-6-9-17(10-7-15)22-27(25,26)19-14-16(8-11-18(19)21)20(24)23-12-4-2-3-5-13-23/h6-11,14,22H,2-5,12-13H2,1H3. The largest absolute Gasteiger partial charge is 0.339 e. The summed E-state index contributed by atoms with van der Waals surface area (Å²) in [6.45, 7) is 3.32. The predicted octanol–water partition coefficient (Wildman–Crippen LogP) is 4.47. The average Bonchev–Trinajstić information content (AvgIpc) is 2.92. The van der Waals surface area contributed by atoms with Crippen molar-refractivity contribution in [1.82, 2.24) is 4.90 Å². The summed E-state index contributed by atoms with van der Waals surface area (Å²) >= 11 is 6.14. The quantitative estimate of drug-likeness (QED) is 0.814. The first kappa shape index (κ1) is 19.7. The lowest BCUT2D eigenvalue weighted by Crippen LogP contribution is -2.32. The number of carbonyl (C=O) groups excluding carboxylic acids is 1. The van der Waals surface area contributed by atoms with Gasteiger partial charge >= 0.3 is 0 Å². The Labute approximate surface area is 165 Å². The predicted molar refractivity (Wildman–Crippen MR) is 108 cm³/mol. The van der Waals surface area contributed by atoms with Crippen molar-refractivity contribution >= 4 is 33.2 Å². The van der Waals surface area contributed by atoms with Crippen LogP contribution in [0.5, 0.6) is 0 Å². The number of hydrogen-bond donors (Lipinski definition) is 1. The molecule has 0 aromatic heterocycles. The normalized spacial score (nSPS) is 15.3. The minimum Gasteiger partial charge on any atom is -0.339 e. The fourth-order valence-corrected chi connectivity index (χ4v) is 4.72. The van der Waals surface area contributed by atoms with Gasteiger partial charge in [0, 0.05) is 24.3 Å². The van der Waals surface area contributed by atoms with Crippen LogP contribution in [0.3, 0.4) is 0 Å². The van der Waals surface area contributed by atoms with Crippen molar-refractivity contribution in [2.75, 3.05) is 17.8 Å². The highest BCUT2D eigenvalue weighted by atomic mass is 35.5. The molecule has 2 aromatic carbocycles. The van der Waals surface area contributed by atoms with Crippen LogP contribution in [-0.2, 0) is 10.0 Å². The number of amides is 1. The molecule has 3 rings (SSSR count). The Kier molecular flexibility index (Phi) is 6.07. The minimum absolute atomic E-state index is 0.0852. The Balaban J connectivity index is 1.87. The van der Waals surface area contributed by atoms with Crippen LogP contribution in [0.4, 0.5) is 5.69 Å². The topological polar surface area (TPSA) is 66.5 Å². The third-order valence-electron chi connectivity index (χ3n) is 4.66. The van der Waals surface area contributed by atoms with Crippen molar-refractivity contribution in [3.05, 3.63) is 58.6 Å². The number of hydrogen-bond acceptors (Lipinski definition) is 3. The van der Waals surface area contributed by atoms with Gasteiger partial charge in [-0.2, -0.15) is 0 Å². The third-order valence-corrected chi connectivity index (χ3v) is 6.53. The van der Waals surface area contributed by atoms with Crippen molar-refractivity contribution in [1.29, 1.82) is 0 Å². The summed E-state index contributed by atoms with van der Waals surface area (Å²) in [6, 6.07) is 11.4. The van der Waals surface area contributed by atoms with Gasteiger partial charge in [0.15, 0.2) is 0 Å². The van der Waals surface area contributed by atoms with E-state index in [0.29, 0.717) is 24.3 Å². The van der Waals surface area contributed by atoms with Gasteiger partial charge in [-0.15, -0.1) is 0 Å². The van der Waals surface area contributed by atoms with Crippen LogP contribution in [0.1, 0.15) is 41.6 Å². The van der Waals surface area contributed by atoms with E-state index >= 15 is 0 Å². The van der Waals surface area contributed by atoms with E-state index in [2.05, 4.69) is 4.72 Å². The number of halogens is 1. The van der Waals surface area contributed by atoms with Crippen LogP contribution in [0.2, 0.25) is 5.02 Å². The van der Waals surface area contributed by atoms with Crippen LogP contribution in [0, 0.1) is 6.92 Å². The number of aryl methyl sites for hydroxylation is 1. The summed E-state index contributed by atoms with van der Waals surface area (Å²) in [4.78, 5) is 14.5. The lowest BCUT2D eigenvalue weighted by Gasteiger charge is -2.21. The summed E-state index contributed by atoms with van der Waals surface area (Å²) < 4.78 is 28.1. The maximum absolute atomic E-state index is 12.8. The van der Waals surface area contributed by atoms with Gasteiger partial charge in [0.05, 0.1) is 5.02 Å². The smallest absolute Gasteiger partial charge is 0.263 e. The Morgan fingerprint density at radius 1 is 1.00 bits per heavy atom. The molecule has 1 heterocycles. The molecule has 0 aliphatic carbocycles. The fourth-order valence-electron chi connectivity index (χ4n) is 3.13. The van der Waals surface area contributed by atoms with Crippen LogP contribution in [0.25, 0.3) is 0 Å². The maximum Gasteiger partial charge on any atom is 0.263 e. The summed E-state index contributed by atoms with van der Waals surface area (Å²) in [5, 5.41) is 0.0852. The molecule has 1 fully saturated rings. The van der Waals surface area contributed by atoms with Crippen LogP contribution in [-0.4, -0.2) is 32.3 Å². The molecule has 7 heteroatoms. The van der Waals surface area contributed by atoms with E-state index in [0.717, 1.165) is 31.2 Å². The zero-order valence-electron chi connectivity index (χ0n) is 15.2. The van der Waals surface area contributed by atoms with Gasteiger partial charge < -0.3 is 4.90 Å². The molecule has 1 aliphatic rings. The molecular formula is C20H23ClN2O3S. The monoisotopic (exact) mass is 406 g/mol. The molecule has 0 radical (unpaired) electrons. The number of carbonyl (C=O) groups is 1. The van der Waals surface area contributed by atoms with Gasteiger partial charge in [-0.1, -0.05) is 42.1 Å². The molecule has 1 saturated heterocycles. The molecule has 0 bridgehead atoms. The minimum atomic E-state index is -3.90. The van der Waals surface area contributed by atoms with E-state index in [9.17, 15) is 13.2 Å². The van der Waals surface area contributed by atoms with Gasteiger partial charge in [-0.05, 0) is 50.1 Å². The second-order valence-corrected chi connectivity index (χ2v) is 8.88. The van der Waals surface area contributed by atoms with Crippen molar-refractivity contribution in [2.45, 2.75) is 37.5 Å². The summed E-state index contributed by atoms with van der Waals surface area (Å²) in [5.41, 5.74) is 1.81. The second kappa shape index (κ2) is 8.31. The fraction of sp³-hybridized carbons (Fsp3) is 0.350. The highest BCUT2D eigenvalue weighted by Crippen LogP contribution is 2.26. The van der Waals surface area contributed by atoms with Crippen LogP contribution < -0.4 is 4.72 Å². The Bertz CT molecular complexity index is 919. The highest BCUT2D eigenvalue weighted by Gasteiger charge is 2.23. The molecule has 0 spiro atoms. The lowest BCUT2D eigenvalue weighted by atomic mass is 10.2. The highest BCUT2D eigenvalue weighted by molar-refractivity contribution is 7.92. The van der Waals surface area contributed by atoms with Crippen molar-refractivity contribution in [2.24, 2.45) is 0 Å². The molecule has 27 heavy (non-hydrogen) atoms. The number of anilines is 1. The Hall–Kier alpha value is -2.05. The van der Waals surface area contributed by atoms with E-state index in [1.165, 1.54) is 12.1 Å². The van der Waals surface area contributed by atoms with Gasteiger partial charge in [-0.3, -0.25) is 9.52 Å².